The van der Waals surface area contributed by atoms with E-state index in [0.29, 0.717) is 11.8 Å². The number of rotatable bonds is 7. The summed E-state index contributed by atoms with van der Waals surface area (Å²) in [5.74, 6) is 0.390. The summed E-state index contributed by atoms with van der Waals surface area (Å²) >= 11 is 0. The van der Waals surface area contributed by atoms with E-state index in [9.17, 15) is 9.59 Å². The summed E-state index contributed by atoms with van der Waals surface area (Å²) in [5.41, 5.74) is 0. The van der Waals surface area contributed by atoms with Crippen LogP contribution in [0.1, 0.15) is 39.5 Å². The third kappa shape index (κ3) is 4.98. The summed E-state index contributed by atoms with van der Waals surface area (Å²) in [5, 5.41) is 2.84. The van der Waals surface area contributed by atoms with Crippen molar-refractivity contribution in [2.45, 2.75) is 51.6 Å². The molecule has 5 heteroatoms. The molecule has 0 radical (unpaired) electrons. The summed E-state index contributed by atoms with van der Waals surface area (Å²) < 4.78 is 5.45. The number of carbonyl (C=O) groups is 2. The van der Waals surface area contributed by atoms with E-state index in [2.05, 4.69) is 5.32 Å². The zero-order valence-electron chi connectivity index (χ0n) is 14.8. The molecule has 1 saturated carbocycles. The fraction of sp³-hybridized carbons (Fsp3) is 0.579. The Morgan fingerprint density at radius 1 is 1.21 bits per heavy atom. The quantitative estimate of drug-likeness (QED) is 0.835. The number of amides is 2. The molecule has 1 atom stereocenters. The summed E-state index contributed by atoms with van der Waals surface area (Å²) in [6, 6.07) is 8.98. The molecule has 1 fully saturated rings. The van der Waals surface area contributed by atoms with Crippen LogP contribution in [0, 0.1) is 5.92 Å². The van der Waals surface area contributed by atoms with Gasteiger partial charge in [0.25, 0.3) is 5.91 Å². The minimum atomic E-state index is -0.512. The molecule has 0 aliphatic heterocycles. The van der Waals surface area contributed by atoms with Crippen LogP contribution >= 0.6 is 0 Å². The van der Waals surface area contributed by atoms with Crippen molar-refractivity contribution >= 4 is 11.8 Å². The van der Waals surface area contributed by atoms with Gasteiger partial charge in [0.15, 0.2) is 6.61 Å². The van der Waals surface area contributed by atoms with E-state index >= 15 is 0 Å². The lowest BCUT2D eigenvalue weighted by Crippen LogP contribution is -2.53. The van der Waals surface area contributed by atoms with Crippen LogP contribution in [-0.4, -0.2) is 42.5 Å². The van der Waals surface area contributed by atoms with Gasteiger partial charge in [-0.3, -0.25) is 9.59 Å². The zero-order valence-corrected chi connectivity index (χ0v) is 14.8. The molecular weight excluding hydrogens is 304 g/mol. The highest BCUT2D eigenvalue weighted by molar-refractivity contribution is 5.88. The molecule has 1 aromatic carbocycles. The van der Waals surface area contributed by atoms with Crippen LogP contribution in [0.4, 0.5) is 0 Å². The van der Waals surface area contributed by atoms with Crippen molar-refractivity contribution < 1.29 is 14.3 Å². The van der Waals surface area contributed by atoms with Crippen molar-refractivity contribution in [2.75, 3.05) is 13.7 Å². The average molecular weight is 332 g/mol. The molecule has 1 aliphatic rings. The predicted octanol–water partition coefficient (Wildman–Crippen LogP) is 2.61. The molecule has 1 N–H and O–H groups in total. The average Bonchev–Trinajstić information content (AvgIpc) is 3.11. The minimum absolute atomic E-state index is 0.00930. The Kier molecular flexibility index (Phi) is 6.64. The molecular formula is C19H28N2O3. The highest BCUT2D eigenvalue weighted by atomic mass is 16.5. The van der Waals surface area contributed by atoms with Gasteiger partial charge in [-0.2, -0.15) is 0 Å². The Hall–Kier alpha value is -2.04. The topological polar surface area (TPSA) is 58.6 Å². The summed E-state index contributed by atoms with van der Waals surface area (Å²) in [4.78, 5) is 26.7. The maximum atomic E-state index is 12.8. The van der Waals surface area contributed by atoms with Crippen LogP contribution in [-0.2, 0) is 9.59 Å². The Labute approximate surface area is 144 Å². The molecule has 132 valence electrons. The van der Waals surface area contributed by atoms with Crippen molar-refractivity contribution in [2.24, 2.45) is 5.92 Å². The number of nitrogens with zero attached hydrogens (tertiary/aromatic N) is 1. The van der Waals surface area contributed by atoms with E-state index in [4.69, 9.17) is 4.74 Å². The molecule has 5 nitrogen and oxygen atoms in total. The maximum Gasteiger partial charge on any atom is 0.258 e. The number of benzene rings is 1. The van der Waals surface area contributed by atoms with E-state index in [0.717, 1.165) is 12.8 Å². The van der Waals surface area contributed by atoms with Crippen LogP contribution < -0.4 is 10.1 Å². The number of nitrogens with one attached hydrogen (secondary N) is 1. The number of hydrogen-bond donors (Lipinski definition) is 1. The predicted molar refractivity (Wildman–Crippen MR) is 93.7 cm³/mol. The Balaban J connectivity index is 1.89. The number of likely N-dealkylation sites (N-methyl/N-ethyl adjacent to an activating group) is 1. The highest BCUT2D eigenvalue weighted by Gasteiger charge is 2.31. The second-order valence-electron chi connectivity index (χ2n) is 6.78. The summed E-state index contributed by atoms with van der Waals surface area (Å²) in [6.07, 6.45) is 4.45. The van der Waals surface area contributed by atoms with Crippen LogP contribution in [0.3, 0.4) is 0 Å². The van der Waals surface area contributed by atoms with Gasteiger partial charge >= 0.3 is 0 Å². The Bertz CT molecular complexity index is 539. The normalized spacial score (nSPS) is 16.0. The van der Waals surface area contributed by atoms with Gasteiger partial charge in [-0.05, 0) is 30.9 Å². The summed E-state index contributed by atoms with van der Waals surface area (Å²) in [6.45, 7) is 3.81. The largest absolute Gasteiger partial charge is 0.484 e. The van der Waals surface area contributed by atoms with Gasteiger partial charge in [0.1, 0.15) is 11.8 Å². The van der Waals surface area contributed by atoms with Crippen LogP contribution in [0.15, 0.2) is 30.3 Å². The lowest BCUT2D eigenvalue weighted by Gasteiger charge is -2.31. The SMILES string of the molecule is CC(C)C(NC(=O)COc1ccccc1)C(=O)N(C)C1CCCC1. The van der Waals surface area contributed by atoms with Gasteiger partial charge < -0.3 is 15.0 Å². The molecule has 1 aliphatic carbocycles. The van der Waals surface area contributed by atoms with E-state index in [1.807, 2.05) is 44.0 Å². The Morgan fingerprint density at radius 2 is 1.83 bits per heavy atom. The Morgan fingerprint density at radius 3 is 2.42 bits per heavy atom. The van der Waals surface area contributed by atoms with Gasteiger partial charge in [0, 0.05) is 13.1 Å². The number of hydrogen-bond acceptors (Lipinski definition) is 3. The molecule has 0 aromatic heterocycles. The second-order valence-corrected chi connectivity index (χ2v) is 6.78. The fourth-order valence-corrected chi connectivity index (χ4v) is 3.09. The van der Waals surface area contributed by atoms with Crippen molar-refractivity contribution in [3.05, 3.63) is 30.3 Å². The summed E-state index contributed by atoms with van der Waals surface area (Å²) in [7, 11) is 1.85. The molecule has 0 spiro atoms. The fourth-order valence-electron chi connectivity index (χ4n) is 3.09. The lowest BCUT2D eigenvalue weighted by molar-refractivity contribution is -0.138. The molecule has 1 aromatic rings. The standard InChI is InChI=1S/C19H28N2O3/c1-14(2)18(19(23)21(3)15-9-7-8-10-15)20-17(22)13-24-16-11-5-4-6-12-16/h4-6,11-12,14-15,18H,7-10,13H2,1-3H3,(H,20,22). The molecule has 0 saturated heterocycles. The van der Waals surface area contributed by atoms with Crippen LogP contribution in [0.5, 0.6) is 5.75 Å². The van der Waals surface area contributed by atoms with E-state index in [1.165, 1.54) is 12.8 Å². The van der Waals surface area contributed by atoms with Gasteiger partial charge in [-0.1, -0.05) is 44.9 Å². The third-order valence-electron chi connectivity index (χ3n) is 4.58. The lowest BCUT2D eigenvalue weighted by atomic mass is 10.0. The third-order valence-corrected chi connectivity index (χ3v) is 4.58. The molecule has 1 unspecified atom stereocenters. The van der Waals surface area contributed by atoms with Crippen molar-refractivity contribution in [1.29, 1.82) is 0 Å². The van der Waals surface area contributed by atoms with E-state index in [1.54, 1.807) is 12.1 Å². The maximum absolute atomic E-state index is 12.8. The van der Waals surface area contributed by atoms with E-state index < -0.39 is 6.04 Å². The van der Waals surface area contributed by atoms with E-state index in [-0.39, 0.29) is 24.3 Å². The van der Waals surface area contributed by atoms with Crippen LogP contribution in [0.25, 0.3) is 0 Å². The van der Waals surface area contributed by atoms with Gasteiger partial charge in [-0.15, -0.1) is 0 Å². The van der Waals surface area contributed by atoms with Gasteiger partial charge in [0.2, 0.25) is 5.91 Å². The van der Waals surface area contributed by atoms with Crippen molar-refractivity contribution in [3.63, 3.8) is 0 Å². The molecule has 0 bridgehead atoms. The van der Waals surface area contributed by atoms with Crippen molar-refractivity contribution in [1.82, 2.24) is 10.2 Å². The van der Waals surface area contributed by atoms with Gasteiger partial charge in [-0.25, -0.2) is 0 Å². The monoisotopic (exact) mass is 332 g/mol. The zero-order chi connectivity index (χ0) is 17.5. The number of carbonyl (C=O) groups excluding carboxylic acids is 2. The minimum Gasteiger partial charge on any atom is -0.484 e. The highest BCUT2D eigenvalue weighted by Crippen LogP contribution is 2.23. The smallest absolute Gasteiger partial charge is 0.258 e. The first kappa shape index (κ1) is 18.3. The first-order valence-corrected chi connectivity index (χ1v) is 8.73. The first-order chi connectivity index (χ1) is 11.5. The first-order valence-electron chi connectivity index (χ1n) is 8.73. The van der Waals surface area contributed by atoms with Crippen LogP contribution in [0.2, 0.25) is 0 Å². The number of para-hydroxylation sites is 1. The number of ether oxygens (including phenoxy) is 1. The van der Waals surface area contributed by atoms with Gasteiger partial charge in [0.05, 0.1) is 0 Å². The molecule has 2 rings (SSSR count). The second kappa shape index (κ2) is 8.71. The molecule has 2 amide bonds. The molecule has 0 heterocycles. The van der Waals surface area contributed by atoms with Crippen molar-refractivity contribution in [3.8, 4) is 5.75 Å². The molecule has 24 heavy (non-hydrogen) atoms.